The minimum absolute atomic E-state index is 0.243. The molecule has 0 unspecified atom stereocenters. The number of hydrogen-bond acceptors (Lipinski definition) is 4. The monoisotopic (exact) mass is 303 g/mol. The highest BCUT2D eigenvalue weighted by Gasteiger charge is 2.31. The predicted octanol–water partition coefficient (Wildman–Crippen LogP) is 2.89. The summed E-state index contributed by atoms with van der Waals surface area (Å²) >= 11 is 1.85. The lowest BCUT2D eigenvalue weighted by Crippen LogP contribution is -2.57. The molecule has 2 aromatic rings. The molecule has 0 spiro atoms. The van der Waals surface area contributed by atoms with E-state index in [2.05, 4.69) is 55.0 Å². The summed E-state index contributed by atoms with van der Waals surface area (Å²) in [5.41, 5.74) is 7.66. The maximum absolute atomic E-state index is 5.98. The molecule has 114 valence electrons. The molecule has 0 bridgehead atoms. The van der Waals surface area contributed by atoms with Crippen LogP contribution in [0, 0.1) is 0 Å². The van der Waals surface area contributed by atoms with Crippen LogP contribution < -0.4 is 5.73 Å². The van der Waals surface area contributed by atoms with Crippen LogP contribution >= 0.6 is 11.3 Å². The number of nitrogens with two attached hydrogens (primary N) is 1. The smallest absolute Gasteiger partial charge is 0.0349 e. The Morgan fingerprint density at radius 2 is 2.00 bits per heavy atom. The van der Waals surface area contributed by atoms with Gasteiger partial charge in [0.25, 0.3) is 0 Å². The Labute approximate surface area is 131 Å². The van der Waals surface area contributed by atoms with Gasteiger partial charge in [0, 0.05) is 47.8 Å². The van der Waals surface area contributed by atoms with Crippen LogP contribution in [0.3, 0.4) is 0 Å². The lowest BCUT2D eigenvalue weighted by Gasteiger charge is -2.45. The van der Waals surface area contributed by atoms with Crippen molar-refractivity contribution < 1.29 is 0 Å². The fraction of sp³-hybridized carbons (Fsp3) is 0.529. The van der Waals surface area contributed by atoms with Crippen LogP contribution in [0.15, 0.2) is 24.3 Å². The van der Waals surface area contributed by atoms with Gasteiger partial charge in [0.2, 0.25) is 0 Å². The first-order chi connectivity index (χ1) is 10.0. The second-order valence-electron chi connectivity index (χ2n) is 6.65. The average molecular weight is 303 g/mol. The zero-order valence-corrected chi connectivity index (χ0v) is 14.0. The first-order valence-electron chi connectivity index (χ1n) is 7.64. The SMILES string of the molecule is CN1CCN(Cc2c(CN)sc3ccccc23)CC1(C)C. The molecule has 3 rings (SSSR count). The Morgan fingerprint density at radius 3 is 2.71 bits per heavy atom. The molecule has 1 saturated heterocycles. The van der Waals surface area contributed by atoms with Crippen LogP contribution in [0.1, 0.15) is 24.3 Å². The fourth-order valence-electron chi connectivity index (χ4n) is 3.19. The third-order valence-electron chi connectivity index (χ3n) is 4.74. The summed E-state index contributed by atoms with van der Waals surface area (Å²) < 4.78 is 1.36. The van der Waals surface area contributed by atoms with Gasteiger partial charge in [-0.25, -0.2) is 0 Å². The number of hydrogen-bond donors (Lipinski definition) is 1. The molecule has 21 heavy (non-hydrogen) atoms. The van der Waals surface area contributed by atoms with Crippen LogP contribution in [0.2, 0.25) is 0 Å². The van der Waals surface area contributed by atoms with E-state index in [9.17, 15) is 0 Å². The number of piperazine rings is 1. The van der Waals surface area contributed by atoms with E-state index in [1.807, 2.05) is 11.3 Å². The first-order valence-corrected chi connectivity index (χ1v) is 8.46. The van der Waals surface area contributed by atoms with Gasteiger partial charge in [-0.05, 0) is 37.9 Å². The lowest BCUT2D eigenvalue weighted by atomic mass is 9.99. The van der Waals surface area contributed by atoms with Gasteiger partial charge < -0.3 is 5.73 Å². The van der Waals surface area contributed by atoms with Crippen LogP contribution in [-0.4, -0.2) is 42.0 Å². The van der Waals surface area contributed by atoms with Crippen molar-refractivity contribution in [2.24, 2.45) is 5.73 Å². The lowest BCUT2D eigenvalue weighted by molar-refractivity contribution is 0.0361. The van der Waals surface area contributed by atoms with Crippen LogP contribution in [0.25, 0.3) is 10.1 Å². The molecule has 4 heteroatoms. The van der Waals surface area contributed by atoms with E-state index >= 15 is 0 Å². The zero-order valence-electron chi connectivity index (χ0n) is 13.2. The second-order valence-corrected chi connectivity index (χ2v) is 7.79. The van der Waals surface area contributed by atoms with Crippen LogP contribution in [0.5, 0.6) is 0 Å². The standard InChI is InChI=1S/C17H25N3S/c1-17(2)12-20(9-8-19(17)3)11-14-13-6-4-5-7-15(13)21-16(14)10-18/h4-7H,8-12,18H2,1-3H3. The Bertz CT molecular complexity index is 632. The molecule has 1 fully saturated rings. The predicted molar refractivity (Wildman–Crippen MR) is 91.7 cm³/mol. The summed E-state index contributed by atoms with van der Waals surface area (Å²) in [6, 6.07) is 8.69. The maximum atomic E-state index is 5.98. The second kappa shape index (κ2) is 5.69. The van der Waals surface area contributed by atoms with E-state index in [0.29, 0.717) is 6.54 Å². The molecule has 1 aromatic carbocycles. The van der Waals surface area contributed by atoms with Crippen molar-refractivity contribution >= 4 is 21.4 Å². The van der Waals surface area contributed by atoms with E-state index in [1.165, 1.54) is 20.5 Å². The van der Waals surface area contributed by atoms with Crippen LogP contribution in [-0.2, 0) is 13.1 Å². The molecule has 2 N–H and O–H groups in total. The van der Waals surface area contributed by atoms with Crippen molar-refractivity contribution in [3.63, 3.8) is 0 Å². The van der Waals surface area contributed by atoms with E-state index in [-0.39, 0.29) is 5.54 Å². The highest BCUT2D eigenvalue weighted by atomic mass is 32.1. The number of fused-ring (bicyclic) bond motifs is 1. The molecular formula is C17H25N3S. The molecule has 1 aromatic heterocycles. The van der Waals surface area contributed by atoms with Crippen LogP contribution in [0.4, 0.5) is 0 Å². The van der Waals surface area contributed by atoms with E-state index in [1.54, 1.807) is 0 Å². The fourth-order valence-corrected chi connectivity index (χ4v) is 4.28. The highest BCUT2D eigenvalue weighted by Crippen LogP contribution is 2.33. The molecule has 0 amide bonds. The normalized spacial score (nSPS) is 20.2. The largest absolute Gasteiger partial charge is 0.326 e. The Kier molecular flexibility index (Phi) is 4.06. The Balaban J connectivity index is 1.88. The van der Waals surface area contributed by atoms with Crippen molar-refractivity contribution in [2.75, 3.05) is 26.7 Å². The number of likely N-dealkylation sites (N-methyl/N-ethyl adjacent to an activating group) is 1. The molecule has 0 radical (unpaired) electrons. The van der Waals surface area contributed by atoms with Gasteiger partial charge in [-0.3, -0.25) is 9.80 Å². The van der Waals surface area contributed by atoms with Gasteiger partial charge in [-0.1, -0.05) is 18.2 Å². The average Bonchev–Trinajstić information content (AvgIpc) is 2.81. The van der Waals surface area contributed by atoms with Gasteiger partial charge in [0.05, 0.1) is 0 Å². The molecule has 1 aliphatic heterocycles. The van der Waals surface area contributed by atoms with Gasteiger partial charge >= 0.3 is 0 Å². The third-order valence-corrected chi connectivity index (χ3v) is 5.98. The topological polar surface area (TPSA) is 32.5 Å². The molecule has 1 aliphatic rings. The summed E-state index contributed by atoms with van der Waals surface area (Å²) in [4.78, 5) is 6.38. The summed E-state index contributed by atoms with van der Waals surface area (Å²) in [6.45, 7) is 9.70. The van der Waals surface area contributed by atoms with Crippen molar-refractivity contribution in [3.05, 3.63) is 34.7 Å². The van der Waals surface area contributed by atoms with E-state index in [4.69, 9.17) is 5.73 Å². The van der Waals surface area contributed by atoms with Gasteiger partial charge in [0.1, 0.15) is 0 Å². The van der Waals surface area contributed by atoms with E-state index < -0.39 is 0 Å². The third kappa shape index (κ3) is 2.86. The zero-order chi connectivity index (χ0) is 15.0. The number of nitrogens with zero attached hydrogens (tertiary/aromatic N) is 2. The van der Waals surface area contributed by atoms with Gasteiger partial charge in [-0.2, -0.15) is 0 Å². The molecule has 2 heterocycles. The van der Waals surface area contributed by atoms with Crippen molar-refractivity contribution in [2.45, 2.75) is 32.5 Å². The quantitative estimate of drug-likeness (QED) is 0.946. The molecule has 0 atom stereocenters. The number of rotatable bonds is 3. The molecule has 3 nitrogen and oxygen atoms in total. The summed E-state index contributed by atoms with van der Waals surface area (Å²) in [7, 11) is 2.22. The van der Waals surface area contributed by atoms with Crippen molar-refractivity contribution in [1.29, 1.82) is 0 Å². The molecule has 0 saturated carbocycles. The number of benzene rings is 1. The number of thiophene rings is 1. The summed E-state index contributed by atoms with van der Waals surface area (Å²) in [5.74, 6) is 0. The van der Waals surface area contributed by atoms with Crippen molar-refractivity contribution in [1.82, 2.24) is 9.80 Å². The maximum Gasteiger partial charge on any atom is 0.0349 e. The Morgan fingerprint density at radius 1 is 1.24 bits per heavy atom. The summed E-state index contributed by atoms with van der Waals surface area (Å²) in [5, 5.41) is 1.39. The Hall–Kier alpha value is -0.940. The van der Waals surface area contributed by atoms with Gasteiger partial charge in [0.15, 0.2) is 0 Å². The molecule has 0 aliphatic carbocycles. The van der Waals surface area contributed by atoms with Gasteiger partial charge in [-0.15, -0.1) is 11.3 Å². The minimum Gasteiger partial charge on any atom is -0.326 e. The van der Waals surface area contributed by atoms with E-state index in [0.717, 1.165) is 26.2 Å². The minimum atomic E-state index is 0.243. The summed E-state index contributed by atoms with van der Waals surface area (Å²) in [6.07, 6.45) is 0. The first kappa shape index (κ1) is 15.0. The van der Waals surface area contributed by atoms with Crippen molar-refractivity contribution in [3.8, 4) is 0 Å². The molecular weight excluding hydrogens is 278 g/mol. The highest BCUT2D eigenvalue weighted by molar-refractivity contribution is 7.19.